The lowest BCUT2D eigenvalue weighted by Gasteiger charge is -2.11. The van der Waals surface area contributed by atoms with Crippen molar-refractivity contribution < 1.29 is 0 Å². The van der Waals surface area contributed by atoms with Crippen LogP contribution in [0.2, 0.25) is 0 Å². The van der Waals surface area contributed by atoms with Gasteiger partial charge in [0.25, 0.3) is 0 Å². The van der Waals surface area contributed by atoms with Crippen LogP contribution in [-0.2, 0) is 0 Å². The molecule has 0 saturated carbocycles. The zero-order valence-corrected chi connectivity index (χ0v) is 13.8. The Balaban J connectivity index is 1.79. The minimum atomic E-state index is 0.467. The number of nitrogens with two attached hydrogens (primary N) is 1. The quantitative estimate of drug-likeness (QED) is 0.745. The smallest absolute Gasteiger partial charge is 0.203 e. The molecule has 2 N–H and O–H groups in total. The second-order valence-electron chi connectivity index (χ2n) is 5.24. The molecule has 0 amide bonds. The summed E-state index contributed by atoms with van der Waals surface area (Å²) in [5.41, 5.74) is 9.69. The second-order valence-corrected chi connectivity index (χ2v) is 6.25. The molecule has 2 aromatic carbocycles. The van der Waals surface area contributed by atoms with Gasteiger partial charge in [-0.2, -0.15) is 0 Å². The molecule has 5 nitrogen and oxygen atoms in total. The van der Waals surface area contributed by atoms with Crippen molar-refractivity contribution >= 4 is 34.1 Å². The lowest BCUT2D eigenvalue weighted by molar-refractivity contribution is 1.10. The molecule has 0 spiro atoms. The first kappa shape index (κ1) is 15.2. The van der Waals surface area contributed by atoms with Crippen molar-refractivity contribution in [3.05, 3.63) is 54.1 Å². The number of nitrogen functional groups attached to an aromatic ring is 1. The summed E-state index contributed by atoms with van der Waals surface area (Å²) in [6.45, 7) is 0. The van der Waals surface area contributed by atoms with Crippen LogP contribution in [0.4, 0.5) is 16.5 Å². The first-order chi connectivity index (χ1) is 11.1. The third-order valence-corrected chi connectivity index (χ3v) is 4.11. The highest BCUT2D eigenvalue weighted by molar-refractivity contribution is 7.18. The summed E-state index contributed by atoms with van der Waals surface area (Å²) < 4.78 is 0. The molecule has 23 heavy (non-hydrogen) atoms. The molecule has 0 unspecified atom stereocenters. The van der Waals surface area contributed by atoms with Gasteiger partial charge in [0.05, 0.1) is 5.69 Å². The summed E-state index contributed by atoms with van der Waals surface area (Å²) in [5.74, 6) is 0. The van der Waals surface area contributed by atoms with E-state index in [1.165, 1.54) is 11.3 Å². The van der Waals surface area contributed by atoms with E-state index in [4.69, 9.17) is 5.73 Å². The molecule has 0 aliphatic heterocycles. The average Bonchev–Trinajstić information content (AvgIpc) is 3.00. The van der Waals surface area contributed by atoms with Gasteiger partial charge in [-0.25, -0.2) is 0 Å². The summed E-state index contributed by atoms with van der Waals surface area (Å²) in [5, 5.41) is 9.17. The molecule has 0 aliphatic carbocycles. The highest BCUT2D eigenvalue weighted by atomic mass is 32.1. The zero-order valence-electron chi connectivity index (χ0n) is 13.0. The monoisotopic (exact) mass is 323 g/mol. The second kappa shape index (κ2) is 6.58. The van der Waals surface area contributed by atoms with Gasteiger partial charge in [-0.3, -0.25) is 4.99 Å². The molecule has 1 heterocycles. The predicted molar refractivity (Wildman–Crippen MR) is 97.8 cm³/mol. The Morgan fingerprint density at radius 2 is 1.87 bits per heavy atom. The number of aromatic nitrogens is 2. The number of aliphatic imine (C=N–C) groups is 1. The number of benzene rings is 2. The van der Waals surface area contributed by atoms with Crippen LogP contribution >= 0.6 is 11.3 Å². The van der Waals surface area contributed by atoms with Gasteiger partial charge in [0.15, 0.2) is 0 Å². The summed E-state index contributed by atoms with van der Waals surface area (Å²) >= 11 is 1.37. The average molecular weight is 323 g/mol. The largest absolute Gasteiger partial charge is 0.378 e. The minimum absolute atomic E-state index is 0.467. The van der Waals surface area contributed by atoms with Crippen LogP contribution in [0, 0.1) is 0 Å². The molecule has 0 saturated heterocycles. The maximum Gasteiger partial charge on any atom is 0.203 e. The molecule has 6 heteroatoms. The number of rotatable bonds is 4. The lowest BCUT2D eigenvalue weighted by atomic mass is 10.2. The van der Waals surface area contributed by atoms with E-state index in [0.717, 1.165) is 27.5 Å². The van der Waals surface area contributed by atoms with Crippen LogP contribution in [0.1, 0.15) is 5.56 Å². The van der Waals surface area contributed by atoms with E-state index in [2.05, 4.69) is 32.2 Å². The lowest BCUT2D eigenvalue weighted by Crippen LogP contribution is -2.08. The summed E-state index contributed by atoms with van der Waals surface area (Å²) in [4.78, 5) is 6.60. The third-order valence-electron chi connectivity index (χ3n) is 3.31. The van der Waals surface area contributed by atoms with Crippen LogP contribution < -0.4 is 10.6 Å². The Kier molecular flexibility index (Phi) is 4.34. The van der Waals surface area contributed by atoms with E-state index in [1.807, 2.05) is 56.7 Å². The van der Waals surface area contributed by atoms with E-state index in [0.29, 0.717) is 5.13 Å². The molecule has 0 radical (unpaired) electrons. The molecular weight excluding hydrogens is 306 g/mol. The molecule has 0 atom stereocenters. The normalized spacial score (nSPS) is 11.0. The Hall–Kier alpha value is -2.73. The molecule has 0 aliphatic rings. The highest BCUT2D eigenvalue weighted by Crippen LogP contribution is 2.27. The molecule has 0 bridgehead atoms. The van der Waals surface area contributed by atoms with Gasteiger partial charge in [-0.05, 0) is 29.8 Å². The fraction of sp³-hybridized carbons (Fsp3) is 0.118. The summed E-state index contributed by atoms with van der Waals surface area (Å²) in [7, 11) is 4.05. The maximum absolute atomic E-state index is 5.63. The van der Waals surface area contributed by atoms with E-state index in [-0.39, 0.29) is 0 Å². The van der Waals surface area contributed by atoms with Gasteiger partial charge in [-0.1, -0.05) is 35.6 Å². The molecule has 3 rings (SSSR count). The Morgan fingerprint density at radius 3 is 2.52 bits per heavy atom. The fourth-order valence-corrected chi connectivity index (χ4v) is 2.68. The first-order valence-corrected chi connectivity index (χ1v) is 7.94. The standard InChI is InChI=1S/C17H17N5S/c1-22(2)15-8-6-12(7-9-15)11-19-14-5-3-4-13(10-14)16-20-21-17(18)23-16/h3-11H,1-2H3,(H2,18,21). The van der Waals surface area contributed by atoms with Crippen LogP contribution in [0.25, 0.3) is 10.6 Å². The van der Waals surface area contributed by atoms with Crippen LogP contribution in [0.3, 0.4) is 0 Å². The van der Waals surface area contributed by atoms with E-state index < -0.39 is 0 Å². The Morgan fingerprint density at radius 1 is 1.09 bits per heavy atom. The van der Waals surface area contributed by atoms with Gasteiger partial charge in [0.1, 0.15) is 5.01 Å². The number of nitrogens with zero attached hydrogens (tertiary/aromatic N) is 4. The molecular formula is C17H17N5S. The van der Waals surface area contributed by atoms with Crippen molar-refractivity contribution in [3.8, 4) is 10.6 Å². The van der Waals surface area contributed by atoms with Crippen molar-refractivity contribution in [1.82, 2.24) is 10.2 Å². The Labute approximate surface area is 139 Å². The van der Waals surface area contributed by atoms with Crippen molar-refractivity contribution in [3.63, 3.8) is 0 Å². The predicted octanol–water partition coefficient (Wildman–Crippen LogP) is 3.60. The van der Waals surface area contributed by atoms with Gasteiger partial charge < -0.3 is 10.6 Å². The first-order valence-electron chi connectivity index (χ1n) is 7.13. The van der Waals surface area contributed by atoms with Gasteiger partial charge >= 0.3 is 0 Å². The fourth-order valence-electron chi connectivity index (χ4n) is 2.08. The minimum Gasteiger partial charge on any atom is -0.378 e. The number of anilines is 2. The SMILES string of the molecule is CN(C)c1ccc(C=Nc2cccc(-c3nnc(N)s3)c2)cc1. The zero-order chi connectivity index (χ0) is 16.2. The van der Waals surface area contributed by atoms with Crippen molar-refractivity contribution in [2.75, 3.05) is 24.7 Å². The topological polar surface area (TPSA) is 67.4 Å². The maximum atomic E-state index is 5.63. The summed E-state index contributed by atoms with van der Waals surface area (Å²) in [6.07, 6.45) is 1.85. The van der Waals surface area contributed by atoms with E-state index in [1.54, 1.807) is 0 Å². The van der Waals surface area contributed by atoms with Crippen LogP contribution in [0.5, 0.6) is 0 Å². The molecule has 3 aromatic rings. The number of hydrogen-bond donors (Lipinski definition) is 1. The molecule has 116 valence electrons. The van der Waals surface area contributed by atoms with Crippen molar-refractivity contribution in [1.29, 1.82) is 0 Å². The van der Waals surface area contributed by atoms with Crippen LogP contribution in [-0.4, -0.2) is 30.5 Å². The molecule has 0 fully saturated rings. The Bertz CT molecular complexity index is 821. The van der Waals surface area contributed by atoms with Crippen molar-refractivity contribution in [2.45, 2.75) is 0 Å². The van der Waals surface area contributed by atoms with Crippen LogP contribution in [0.15, 0.2) is 53.5 Å². The third kappa shape index (κ3) is 3.73. The van der Waals surface area contributed by atoms with Gasteiger partial charge in [0, 0.05) is 31.6 Å². The van der Waals surface area contributed by atoms with Crippen molar-refractivity contribution in [2.24, 2.45) is 4.99 Å². The van der Waals surface area contributed by atoms with E-state index >= 15 is 0 Å². The van der Waals surface area contributed by atoms with Gasteiger partial charge in [0.2, 0.25) is 5.13 Å². The van der Waals surface area contributed by atoms with Gasteiger partial charge in [-0.15, -0.1) is 10.2 Å². The number of hydrogen-bond acceptors (Lipinski definition) is 6. The van der Waals surface area contributed by atoms with E-state index in [9.17, 15) is 0 Å². The summed E-state index contributed by atoms with van der Waals surface area (Å²) in [6, 6.07) is 16.1. The highest BCUT2D eigenvalue weighted by Gasteiger charge is 2.04. The molecule has 1 aromatic heterocycles.